The van der Waals surface area contributed by atoms with Crippen LogP contribution in [-0.4, -0.2) is 59.6 Å². The third-order valence-corrected chi connectivity index (χ3v) is 5.99. The molecule has 0 N–H and O–H groups in total. The third-order valence-electron chi connectivity index (χ3n) is 5.99. The molecular weight excluding hydrogens is 302 g/mol. The van der Waals surface area contributed by atoms with Gasteiger partial charge in [-0.15, -0.1) is 0 Å². The van der Waals surface area contributed by atoms with Gasteiger partial charge < -0.3 is 9.64 Å². The summed E-state index contributed by atoms with van der Waals surface area (Å²) in [6.07, 6.45) is 9.09. The van der Waals surface area contributed by atoms with Gasteiger partial charge in [-0.3, -0.25) is 14.7 Å². The normalized spacial score (nSPS) is 27.0. The number of piperidine rings is 1. The van der Waals surface area contributed by atoms with Crippen molar-refractivity contribution in [2.45, 2.75) is 44.8 Å². The molecule has 0 saturated carbocycles. The van der Waals surface area contributed by atoms with Crippen LogP contribution >= 0.6 is 0 Å². The van der Waals surface area contributed by atoms with Crippen molar-refractivity contribution in [2.24, 2.45) is 5.41 Å². The summed E-state index contributed by atoms with van der Waals surface area (Å²) < 4.78 is 5.56. The molecule has 0 aliphatic carbocycles. The highest BCUT2D eigenvalue weighted by Crippen LogP contribution is 2.41. The first-order valence-corrected chi connectivity index (χ1v) is 9.26. The average molecular weight is 329 g/mol. The van der Waals surface area contributed by atoms with E-state index in [4.69, 9.17) is 4.74 Å². The number of pyridine rings is 1. The van der Waals surface area contributed by atoms with Crippen LogP contribution < -0.4 is 0 Å². The lowest BCUT2D eigenvalue weighted by Gasteiger charge is -2.40. The van der Waals surface area contributed by atoms with E-state index in [0.717, 1.165) is 65.0 Å². The highest BCUT2D eigenvalue weighted by molar-refractivity contribution is 5.81. The Morgan fingerprint density at radius 2 is 2.12 bits per heavy atom. The van der Waals surface area contributed by atoms with Crippen LogP contribution in [0.25, 0.3) is 0 Å². The third kappa shape index (κ3) is 3.33. The summed E-state index contributed by atoms with van der Waals surface area (Å²) in [5, 5.41) is 0. The van der Waals surface area contributed by atoms with Crippen LogP contribution in [0.1, 0.15) is 37.7 Å². The molecule has 4 heterocycles. The van der Waals surface area contributed by atoms with Gasteiger partial charge in [0.1, 0.15) is 6.10 Å². The number of amides is 1. The maximum Gasteiger partial charge on any atom is 0.251 e. The van der Waals surface area contributed by atoms with Crippen molar-refractivity contribution in [1.29, 1.82) is 0 Å². The Balaban J connectivity index is 1.30. The minimum absolute atomic E-state index is 0.162. The molecule has 1 atom stereocenters. The Hall–Kier alpha value is -1.46. The molecule has 0 aromatic carbocycles. The summed E-state index contributed by atoms with van der Waals surface area (Å²) in [5.74, 6) is 0.229. The number of nitrogens with zero attached hydrogens (tertiary/aromatic N) is 3. The fourth-order valence-electron chi connectivity index (χ4n) is 4.50. The van der Waals surface area contributed by atoms with E-state index in [0.29, 0.717) is 5.41 Å². The van der Waals surface area contributed by atoms with Crippen molar-refractivity contribution in [3.63, 3.8) is 0 Å². The molecule has 1 aromatic rings. The van der Waals surface area contributed by atoms with Crippen LogP contribution in [0.2, 0.25) is 0 Å². The fourth-order valence-corrected chi connectivity index (χ4v) is 4.50. The molecule has 5 heteroatoms. The zero-order valence-corrected chi connectivity index (χ0v) is 14.3. The quantitative estimate of drug-likeness (QED) is 0.852. The van der Waals surface area contributed by atoms with E-state index in [9.17, 15) is 4.79 Å². The molecule has 0 bridgehead atoms. The number of aromatic nitrogens is 1. The number of carbonyl (C=O) groups is 1. The van der Waals surface area contributed by atoms with Gasteiger partial charge in [-0.2, -0.15) is 0 Å². The molecule has 1 aromatic heterocycles. The van der Waals surface area contributed by atoms with E-state index in [1.54, 1.807) is 0 Å². The van der Waals surface area contributed by atoms with E-state index < -0.39 is 0 Å². The van der Waals surface area contributed by atoms with Crippen LogP contribution in [0.5, 0.6) is 0 Å². The monoisotopic (exact) mass is 329 g/mol. The number of hydrogen-bond donors (Lipinski definition) is 0. The Labute approximate surface area is 144 Å². The summed E-state index contributed by atoms with van der Waals surface area (Å²) in [7, 11) is 0. The lowest BCUT2D eigenvalue weighted by molar-refractivity contribution is -0.143. The Bertz CT molecular complexity index is 563. The second-order valence-corrected chi connectivity index (χ2v) is 7.65. The number of rotatable bonds is 3. The summed E-state index contributed by atoms with van der Waals surface area (Å²) in [5.41, 5.74) is 1.70. The molecule has 1 amide bonds. The van der Waals surface area contributed by atoms with E-state index in [1.807, 2.05) is 23.4 Å². The minimum atomic E-state index is -0.162. The SMILES string of the molecule is O=C([C@@H]1CCCO1)N1CCC2(CCN(Cc3cccnc3)C2)CC1. The van der Waals surface area contributed by atoms with Gasteiger partial charge in [0.2, 0.25) is 0 Å². The molecule has 24 heavy (non-hydrogen) atoms. The number of ether oxygens (including phenoxy) is 1. The van der Waals surface area contributed by atoms with Crippen molar-refractivity contribution < 1.29 is 9.53 Å². The first-order chi connectivity index (χ1) is 11.7. The molecular formula is C19H27N3O2. The lowest BCUT2D eigenvalue weighted by atomic mass is 9.77. The Kier molecular flexibility index (Phi) is 4.55. The van der Waals surface area contributed by atoms with Crippen LogP contribution in [0.3, 0.4) is 0 Å². The summed E-state index contributed by atoms with van der Waals surface area (Å²) >= 11 is 0. The van der Waals surface area contributed by atoms with Gasteiger partial charge in [-0.05, 0) is 55.7 Å². The van der Waals surface area contributed by atoms with Gasteiger partial charge in [0.05, 0.1) is 0 Å². The zero-order chi connectivity index (χ0) is 16.4. The zero-order valence-electron chi connectivity index (χ0n) is 14.3. The second-order valence-electron chi connectivity index (χ2n) is 7.65. The highest BCUT2D eigenvalue weighted by atomic mass is 16.5. The van der Waals surface area contributed by atoms with Crippen LogP contribution in [0, 0.1) is 5.41 Å². The lowest BCUT2D eigenvalue weighted by Crippen LogP contribution is -2.47. The molecule has 1 spiro atoms. The first kappa shape index (κ1) is 16.0. The maximum atomic E-state index is 12.5. The van der Waals surface area contributed by atoms with Gasteiger partial charge >= 0.3 is 0 Å². The van der Waals surface area contributed by atoms with Gasteiger partial charge in [-0.1, -0.05) is 6.07 Å². The van der Waals surface area contributed by atoms with E-state index >= 15 is 0 Å². The molecule has 130 valence electrons. The van der Waals surface area contributed by atoms with Crippen molar-refractivity contribution in [1.82, 2.24) is 14.8 Å². The second kappa shape index (κ2) is 6.81. The predicted molar refractivity (Wildman–Crippen MR) is 91.4 cm³/mol. The number of hydrogen-bond acceptors (Lipinski definition) is 4. The molecule has 4 rings (SSSR count). The van der Waals surface area contributed by atoms with Crippen molar-refractivity contribution in [3.05, 3.63) is 30.1 Å². The van der Waals surface area contributed by atoms with Gasteiger partial charge in [0.25, 0.3) is 5.91 Å². The standard InChI is InChI=1S/C19H27N3O2/c23-18(17-4-2-12-24-17)22-10-6-19(7-11-22)5-9-21(15-19)14-16-3-1-8-20-13-16/h1,3,8,13,17H,2,4-7,9-12,14-15H2/t17-/m0/s1. The molecule has 0 unspecified atom stereocenters. The summed E-state index contributed by atoms with van der Waals surface area (Å²) in [6.45, 7) is 5.86. The Morgan fingerprint density at radius 3 is 2.83 bits per heavy atom. The number of likely N-dealkylation sites (tertiary alicyclic amines) is 2. The van der Waals surface area contributed by atoms with Crippen molar-refractivity contribution >= 4 is 5.91 Å². The molecule has 5 nitrogen and oxygen atoms in total. The van der Waals surface area contributed by atoms with Crippen LogP contribution in [-0.2, 0) is 16.1 Å². The van der Waals surface area contributed by atoms with Crippen LogP contribution in [0.15, 0.2) is 24.5 Å². The minimum Gasteiger partial charge on any atom is -0.368 e. The molecule has 3 aliphatic rings. The average Bonchev–Trinajstić information content (AvgIpc) is 3.27. The number of carbonyl (C=O) groups excluding carboxylic acids is 1. The molecule has 0 radical (unpaired) electrons. The molecule has 3 saturated heterocycles. The largest absolute Gasteiger partial charge is 0.368 e. The maximum absolute atomic E-state index is 12.5. The molecule has 3 aliphatic heterocycles. The van der Waals surface area contributed by atoms with E-state index in [-0.39, 0.29) is 12.0 Å². The summed E-state index contributed by atoms with van der Waals surface area (Å²) in [4.78, 5) is 21.3. The van der Waals surface area contributed by atoms with Gasteiger partial charge in [-0.25, -0.2) is 0 Å². The topological polar surface area (TPSA) is 45.7 Å². The van der Waals surface area contributed by atoms with E-state index in [1.165, 1.54) is 12.0 Å². The van der Waals surface area contributed by atoms with Crippen molar-refractivity contribution in [3.8, 4) is 0 Å². The predicted octanol–water partition coefficient (Wildman–Crippen LogP) is 2.08. The molecule has 3 fully saturated rings. The van der Waals surface area contributed by atoms with E-state index in [2.05, 4.69) is 16.0 Å². The fraction of sp³-hybridized carbons (Fsp3) is 0.684. The van der Waals surface area contributed by atoms with Gasteiger partial charge in [0.15, 0.2) is 0 Å². The van der Waals surface area contributed by atoms with Crippen LogP contribution in [0.4, 0.5) is 0 Å². The van der Waals surface area contributed by atoms with Gasteiger partial charge in [0, 0.05) is 45.2 Å². The smallest absolute Gasteiger partial charge is 0.251 e. The Morgan fingerprint density at radius 1 is 1.29 bits per heavy atom. The first-order valence-electron chi connectivity index (χ1n) is 9.26. The van der Waals surface area contributed by atoms with Crippen molar-refractivity contribution in [2.75, 3.05) is 32.8 Å². The summed E-state index contributed by atoms with van der Waals surface area (Å²) in [6, 6.07) is 4.16. The highest BCUT2D eigenvalue weighted by Gasteiger charge is 2.42.